The van der Waals surface area contributed by atoms with E-state index in [1.54, 1.807) is 18.2 Å². The highest BCUT2D eigenvalue weighted by atomic mass is 16.5. The van der Waals surface area contributed by atoms with E-state index in [0.29, 0.717) is 0 Å². The zero-order chi connectivity index (χ0) is 15.4. The molecule has 0 bridgehead atoms. The van der Waals surface area contributed by atoms with Gasteiger partial charge in [0.2, 0.25) is 0 Å². The van der Waals surface area contributed by atoms with Crippen LogP contribution in [0.25, 0.3) is 5.69 Å². The van der Waals surface area contributed by atoms with E-state index in [9.17, 15) is 0 Å². The Kier molecular flexibility index (Phi) is 5.11. The van der Waals surface area contributed by atoms with Crippen molar-refractivity contribution in [3.05, 3.63) is 46.8 Å². The van der Waals surface area contributed by atoms with Gasteiger partial charge in [0.15, 0.2) is 0 Å². The number of ether oxygens (including phenoxy) is 1. The number of hydrogen-bond acceptors (Lipinski definition) is 1. The topological polar surface area (TPSA) is 14.2 Å². The van der Waals surface area contributed by atoms with Gasteiger partial charge in [0.1, 0.15) is 5.75 Å². The highest BCUT2D eigenvalue weighted by molar-refractivity contribution is 5.48. The summed E-state index contributed by atoms with van der Waals surface area (Å²) < 4.78 is 7.75. The van der Waals surface area contributed by atoms with E-state index >= 15 is 0 Å². The highest BCUT2D eigenvalue weighted by Gasteiger charge is 2.19. The summed E-state index contributed by atoms with van der Waals surface area (Å²) in [5.74, 6) is 0.911. The lowest BCUT2D eigenvalue weighted by molar-refractivity contribution is 0.414. The first-order chi connectivity index (χ1) is 10.2. The molecule has 2 nitrogen and oxygen atoms in total. The van der Waals surface area contributed by atoms with Crippen LogP contribution in [0.1, 0.15) is 50.2 Å². The van der Waals surface area contributed by atoms with E-state index in [2.05, 4.69) is 44.4 Å². The van der Waals surface area contributed by atoms with Crippen molar-refractivity contribution in [1.29, 1.82) is 0 Å². The fraction of sp³-hybridized carbons (Fsp3) is 0.474. The lowest BCUT2D eigenvalue weighted by Gasteiger charge is -2.13. The van der Waals surface area contributed by atoms with Gasteiger partial charge in [0.05, 0.1) is 7.11 Å². The summed E-state index contributed by atoms with van der Waals surface area (Å²) in [6, 6.07) is 8.42. The molecule has 0 N–H and O–H groups in total. The quantitative estimate of drug-likeness (QED) is 0.748. The molecule has 0 saturated carbocycles. The number of rotatable bonds is 6. The van der Waals surface area contributed by atoms with Crippen LogP contribution in [0.2, 0.25) is 0 Å². The molecule has 114 valence electrons. The number of nitrogens with zero attached hydrogens (tertiary/aromatic N) is 1. The third-order valence-corrected chi connectivity index (χ3v) is 4.31. The van der Waals surface area contributed by atoms with Crippen molar-refractivity contribution in [2.24, 2.45) is 0 Å². The third kappa shape index (κ3) is 2.72. The molecule has 1 heterocycles. The van der Waals surface area contributed by atoms with Crippen LogP contribution in [-0.2, 0) is 25.7 Å². The van der Waals surface area contributed by atoms with Gasteiger partial charge in [-0.25, -0.2) is 0 Å². The zero-order valence-corrected chi connectivity index (χ0v) is 14.0. The maximum Gasteiger partial charge on any atom is 0.119 e. The standard InChI is InChI=1S/C19H27NO/c1-6-16-17(7-2)19(9-4)20(18(16)8-3)14-10-12-15(21-5)13-11-14/h10-13H,6-9H2,1-5H3. The van der Waals surface area contributed by atoms with Crippen LogP contribution in [0.15, 0.2) is 24.3 Å². The molecule has 0 spiro atoms. The molecule has 2 aromatic rings. The lowest BCUT2D eigenvalue weighted by atomic mass is 10.0. The molecule has 0 atom stereocenters. The van der Waals surface area contributed by atoms with Gasteiger partial charge in [0.25, 0.3) is 0 Å². The van der Waals surface area contributed by atoms with Gasteiger partial charge in [-0.05, 0) is 61.1 Å². The summed E-state index contributed by atoms with van der Waals surface area (Å²) in [5, 5.41) is 0. The molecule has 0 aliphatic rings. The second-order valence-electron chi connectivity index (χ2n) is 5.30. The Bertz CT molecular complexity index is 564. The van der Waals surface area contributed by atoms with Crippen molar-refractivity contribution >= 4 is 0 Å². The summed E-state index contributed by atoms with van der Waals surface area (Å²) in [5.41, 5.74) is 7.28. The first-order valence-electron chi connectivity index (χ1n) is 8.10. The summed E-state index contributed by atoms with van der Waals surface area (Å²) in [7, 11) is 1.71. The summed E-state index contributed by atoms with van der Waals surface area (Å²) in [4.78, 5) is 0. The van der Waals surface area contributed by atoms with Gasteiger partial charge in [0, 0.05) is 17.1 Å². The van der Waals surface area contributed by atoms with Gasteiger partial charge in [-0.3, -0.25) is 0 Å². The Hall–Kier alpha value is -1.70. The Balaban J connectivity index is 2.67. The zero-order valence-electron chi connectivity index (χ0n) is 14.0. The van der Waals surface area contributed by atoms with Crippen LogP contribution in [0.5, 0.6) is 5.75 Å². The fourth-order valence-electron chi connectivity index (χ4n) is 3.40. The molecular weight excluding hydrogens is 258 g/mol. The van der Waals surface area contributed by atoms with E-state index in [1.165, 1.54) is 17.1 Å². The number of hydrogen-bond donors (Lipinski definition) is 0. The maximum atomic E-state index is 5.28. The second kappa shape index (κ2) is 6.84. The van der Waals surface area contributed by atoms with Crippen molar-refractivity contribution in [2.45, 2.75) is 53.4 Å². The first-order valence-corrected chi connectivity index (χ1v) is 8.10. The van der Waals surface area contributed by atoms with Gasteiger partial charge in [-0.1, -0.05) is 27.7 Å². The second-order valence-corrected chi connectivity index (χ2v) is 5.30. The Morgan fingerprint density at radius 2 is 1.24 bits per heavy atom. The molecule has 0 aliphatic carbocycles. The molecule has 0 fully saturated rings. The van der Waals surface area contributed by atoms with E-state index in [-0.39, 0.29) is 0 Å². The summed E-state index contributed by atoms with van der Waals surface area (Å²) in [6.07, 6.45) is 4.37. The molecule has 0 saturated heterocycles. The summed E-state index contributed by atoms with van der Waals surface area (Å²) >= 11 is 0. The number of methoxy groups -OCH3 is 1. The first kappa shape index (κ1) is 15.7. The molecule has 0 aliphatic heterocycles. The maximum absolute atomic E-state index is 5.28. The fourth-order valence-corrected chi connectivity index (χ4v) is 3.40. The third-order valence-electron chi connectivity index (χ3n) is 4.31. The van der Waals surface area contributed by atoms with Gasteiger partial charge in [-0.15, -0.1) is 0 Å². The average molecular weight is 285 g/mol. The molecule has 2 heteroatoms. The number of aromatic nitrogens is 1. The lowest BCUT2D eigenvalue weighted by Crippen LogP contribution is -2.04. The normalized spacial score (nSPS) is 10.9. The van der Waals surface area contributed by atoms with E-state index in [1.807, 2.05) is 12.1 Å². The predicted octanol–water partition coefficient (Wildman–Crippen LogP) is 4.74. The number of benzene rings is 1. The molecule has 1 aromatic heterocycles. The van der Waals surface area contributed by atoms with Crippen LogP contribution in [0, 0.1) is 0 Å². The predicted molar refractivity (Wildman–Crippen MR) is 89.8 cm³/mol. The van der Waals surface area contributed by atoms with Crippen molar-refractivity contribution in [1.82, 2.24) is 4.57 Å². The molecule has 1 aromatic carbocycles. The SMILES string of the molecule is CCc1c(CC)c(CC)n(-c2ccc(OC)cc2)c1CC. The van der Waals surface area contributed by atoms with Gasteiger partial charge >= 0.3 is 0 Å². The van der Waals surface area contributed by atoms with Crippen molar-refractivity contribution in [3.8, 4) is 11.4 Å². The van der Waals surface area contributed by atoms with E-state index in [0.717, 1.165) is 31.4 Å². The van der Waals surface area contributed by atoms with Gasteiger partial charge < -0.3 is 9.30 Å². The molecule has 0 radical (unpaired) electrons. The van der Waals surface area contributed by atoms with Crippen molar-refractivity contribution in [3.63, 3.8) is 0 Å². The monoisotopic (exact) mass is 285 g/mol. The Labute approximate surface area is 128 Å². The molecule has 2 rings (SSSR count). The van der Waals surface area contributed by atoms with Crippen molar-refractivity contribution in [2.75, 3.05) is 7.11 Å². The molecule has 21 heavy (non-hydrogen) atoms. The molecule has 0 amide bonds. The van der Waals surface area contributed by atoms with Crippen LogP contribution < -0.4 is 4.74 Å². The largest absolute Gasteiger partial charge is 0.497 e. The molecule has 0 unspecified atom stereocenters. The van der Waals surface area contributed by atoms with Crippen LogP contribution in [0.3, 0.4) is 0 Å². The van der Waals surface area contributed by atoms with Crippen LogP contribution in [0.4, 0.5) is 0 Å². The van der Waals surface area contributed by atoms with E-state index < -0.39 is 0 Å². The smallest absolute Gasteiger partial charge is 0.119 e. The Morgan fingerprint density at radius 3 is 1.57 bits per heavy atom. The highest BCUT2D eigenvalue weighted by Crippen LogP contribution is 2.30. The van der Waals surface area contributed by atoms with Crippen molar-refractivity contribution < 1.29 is 4.74 Å². The minimum absolute atomic E-state index is 0.911. The Morgan fingerprint density at radius 1 is 0.762 bits per heavy atom. The average Bonchev–Trinajstić information content (AvgIpc) is 2.87. The van der Waals surface area contributed by atoms with Gasteiger partial charge in [-0.2, -0.15) is 0 Å². The van der Waals surface area contributed by atoms with E-state index in [4.69, 9.17) is 4.74 Å². The summed E-state index contributed by atoms with van der Waals surface area (Å²) in [6.45, 7) is 9.05. The van der Waals surface area contributed by atoms with Crippen LogP contribution >= 0.6 is 0 Å². The van der Waals surface area contributed by atoms with Crippen LogP contribution in [-0.4, -0.2) is 11.7 Å². The molecular formula is C19H27NO. The minimum atomic E-state index is 0.911. The minimum Gasteiger partial charge on any atom is -0.497 e.